The molecule has 3 rings (SSSR count). The fourth-order valence-electron chi connectivity index (χ4n) is 3.40. The van der Waals surface area contributed by atoms with E-state index >= 15 is 4.39 Å². The van der Waals surface area contributed by atoms with Crippen LogP contribution >= 0.6 is 7.14 Å². The first-order valence-corrected chi connectivity index (χ1v) is 12.8. The van der Waals surface area contributed by atoms with Gasteiger partial charge in [-0.05, 0) is 45.7 Å². The van der Waals surface area contributed by atoms with Crippen LogP contribution in [0.1, 0.15) is 43.3 Å². The molecule has 0 saturated carbocycles. The van der Waals surface area contributed by atoms with Crippen LogP contribution in [0.2, 0.25) is 0 Å². The van der Waals surface area contributed by atoms with Crippen molar-refractivity contribution >= 4 is 29.3 Å². The van der Waals surface area contributed by atoms with Gasteiger partial charge in [0.25, 0.3) is 0 Å². The van der Waals surface area contributed by atoms with E-state index in [1.807, 2.05) is 0 Å². The van der Waals surface area contributed by atoms with Crippen molar-refractivity contribution in [1.29, 1.82) is 0 Å². The SMILES string of the molecule is CC[C@@H](O)C(F)(F)c1cccc([C@@H](C)Nc2nc(C)nc3cnc(P(C)(C)=O)cc23)c1F. The van der Waals surface area contributed by atoms with Crippen molar-refractivity contribution in [1.82, 2.24) is 15.0 Å². The smallest absolute Gasteiger partial charge is 0.301 e. The van der Waals surface area contributed by atoms with Crippen LogP contribution in [0, 0.1) is 12.7 Å². The molecule has 0 spiro atoms. The molecule has 0 saturated heterocycles. The molecular weight excluding hydrogens is 440 g/mol. The van der Waals surface area contributed by atoms with Gasteiger partial charge in [0.15, 0.2) is 0 Å². The van der Waals surface area contributed by atoms with E-state index in [1.54, 1.807) is 33.2 Å². The highest BCUT2D eigenvalue weighted by molar-refractivity contribution is 7.69. The summed E-state index contributed by atoms with van der Waals surface area (Å²) >= 11 is 0. The first-order valence-electron chi connectivity index (χ1n) is 10.2. The number of aryl methyl sites for hydroxylation is 1. The van der Waals surface area contributed by atoms with E-state index in [1.165, 1.54) is 25.3 Å². The van der Waals surface area contributed by atoms with Gasteiger partial charge in [0, 0.05) is 10.9 Å². The van der Waals surface area contributed by atoms with E-state index in [0.717, 1.165) is 6.07 Å². The largest absolute Gasteiger partial charge is 0.386 e. The third-order valence-corrected chi connectivity index (χ3v) is 6.59. The molecule has 2 atom stereocenters. The number of hydrogen-bond donors (Lipinski definition) is 2. The van der Waals surface area contributed by atoms with Gasteiger partial charge in [-0.1, -0.05) is 19.1 Å². The first-order chi connectivity index (χ1) is 14.9. The highest BCUT2D eigenvalue weighted by atomic mass is 31.2. The second kappa shape index (κ2) is 8.79. The Labute approximate surface area is 184 Å². The minimum atomic E-state index is -3.73. The fraction of sp³-hybridized carbons (Fsp3) is 0.409. The number of aliphatic hydroxyl groups is 1. The van der Waals surface area contributed by atoms with Crippen molar-refractivity contribution in [3.05, 3.63) is 53.2 Å². The van der Waals surface area contributed by atoms with Gasteiger partial charge in [0.1, 0.15) is 36.1 Å². The number of aliphatic hydroxyl groups excluding tert-OH is 1. The molecule has 2 N–H and O–H groups in total. The first kappa shape index (κ1) is 24.1. The van der Waals surface area contributed by atoms with E-state index in [2.05, 4.69) is 20.3 Å². The predicted octanol–water partition coefficient (Wildman–Crippen LogP) is 4.76. The molecule has 3 aromatic rings. The van der Waals surface area contributed by atoms with Gasteiger partial charge < -0.3 is 15.0 Å². The Morgan fingerprint density at radius 3 is 2.56 bits per heavy atom. The van der Waals surface area contributed by atoms with Gasteiger partial charge in [-0.15, -0.1) is 0 Å². The van der Waals surface area contributed by atoms with E-state index in [0.29, 0.717) is 28.0 Å². The molecule has 0 aliphatic heterocycles. The number of nitrogens with zero attached hydrogens (tertiary/aromatic N) is 3. The molecule has 6 nitrogen and oxygen atoms in total. The van der Waals surface area contributed by atoms with Crippen LogP contribution in [-0.2, 0) is 10.5 Å². The topological polar surface area (TPSA) is 88.0 Å². The lowest BCUT2D eigenvalue weighted by molar-refractivity contribution is -0.118. The normalized spacial score (nSPS) is 14.4. The summed E-state index contributed by atoms with van der Waals surface area (Å²) < 4.78 is 56.7. The number of nitrogens with one attached hydrogen (secondary N) is 1. The number of rotatable bonds is 7. The number of halogens is 3. The molecular formula is C22H26F3N4O2P. The number of aromatic nitrogens is 3. The Balaban J connectivity index is 2.05. The van der Waals surface area contributed by atoms with Crippen molar-refractivity contribution in [2.45, 2.75) is 45.3 Å². The third kappa shape index (κ3) is 4.64. The highest BCUT2D eigenvalue weighted by Gasteiger charge is 2.42. The lowest BCUT2D eigenvalue weighted by Crippen LogP contribution is -2.31. The molecule has 2 aromatic heterocycles. The predicted molar refractivity (Wildman–Crippen MR) is 120 cm³/mol. The maximum Gasteiger partial charge on any atom is 0.301 e. The molecule has 0 aliphatic carbocycles. The lowest BCUT2D eigenvalue weighted by atomic mass is 9.96. The standard InChI is InChI=1S/C22H26F3N4O2P/c1-6-18(30)22(24,25)16-9-7-8-14(20(16)23)12(2)27-21-15-10-19(32(4,5)31)26-11-17(15)28-13(3)29-21/h7-12,18,30H,6H2,1-5H3,(H,27,28,29)/t12-,18-/m1/s1. The van der Waals surface area contributed by atoms with E-state index in [9.17, 15) is 18.5 Å². The second-order valence-corrected chi connectivity index (χ2v) is 11.3. The van der Waals surface area contributed by atoms with Gasteiger partial charge in [0.05, 0.1) is 23.3 Å². The Kier molecular flexibility index (Phi) is 6.63. The Hall–Kier alpha value is -2.51. The van der Waals surface area contributed by atoms with Crippen molar-refractivity contribution in [3.63, 3.8) is 0 Å². The molecule has 172 valence electrons. The minimum absolute atomic E-state index is 0.000766. The number of anilines is 1. The summed E-state index contributed by atoms with van der Waals surface area (Å²) in [7, 11) is -2.65. The van der Waals surface area contributed by atoms with Crippen molar-refractivity contribution in [2.24, 2.45) is 0 Å². The summed E-state index contributed by atoms with van der Waals surface area (Å²) in [6.45, 7) is 7.89. The van der Waals surface area contributed by atoms with Crippen LogP contribution in [0.3, 0.4) is 0 Å². The number of pyridine rings is 1. The van der Waals surface area contributed by atoms with Gasteiger partial charge in [-0.25, -0.2) is 14.4 Å². The average molecular weight is 466 g/mol. The van der Waals surface area contributed by atoms with Gasteiger partial charge in [-0.3, -0.25) is 4.98 Å². The summed E-state index contributed by atoms with van der Waals surface area (Å²) in [5.74, 6) is -4.03. The number of alkyl halides is 2. The summed E-state index contributed by atoms with van der Waals surface area (Å²) in [6.07, 6.45) is -0.706. The molecule has 2 heterocycles. The molecule has 0 unspecified atom stereocenters. The Morgan fingerprint density at radius 2 is 1.94 bits per heavy atom. The molecule has 0 aliphatic rings. The summed E-state index contributed by atoms with van der Waals surface area (Å²) in [6, 6.07) is 4.60. The molecule has 0 fully saturated rings. The maximum absolute atomic E-state index is 15.1. The molecule has 32 heavy (non-hydrogen) atoms. The number of benzene rings is 1. The van der Waals surface area contributed by atoms with Crippen molar-refractivity contribution in [2.75, 3.05) is 18.6 Å². The van der Waals surface area contributed by atoms with Gasteiger partial charge in [0.2, 0.25) is 0 Å². The zero-order valence-corrected chi connectivity index (χ0v) is 19.4. The number of fused-ring (bicyclic) bond motifs is 1. The van der Waals surface area contributed by atoms with E-state index in [4.69, 9.17) is 0 Å². The Morgan fingerprint density at radius 1 is 1.25 bits per heavy atom. The number of hydrogen-bond acceptors (Lipinski definition) is 6. The summed E-state index contributed by atoms with van der Waals surface area (Å²) in [5, 5.41) is 13.3. The molecule has 1 aromatic carbocycles. The van der Waals surface area contributed by atoms with E-state index < -0.39 is 36.6 Å². The van der Waals surface area contributed by atoms with Crippen LogP contribution in [0.4, 0.5) is 19.0 Å². The fourth-order valence-corrected chi connectivity index (χ4v) is 4.18. The van der Waals surface area contributed by atoms with Crippen LogP contribution in [-0.4, -0.2) is 39.5 Å². The monoisotopic (exact) mass is 466 g/mol. The van der Waals surface area contributed by atoms with Crippen LogP contribution in [0.25, 0.3) is 10.9 Å². The average Bonchev–Trinajstić information content (AvgIpc) is 2.71. The molecule has 10 heteroatoms. The highest BCUT2D eigenvalue weighted by Crippen LogP contribution is 2.38. The summed E-state index contributed by atoms with van der Waals surface area (Å²) in [5.41, 5.74) is 0.0534. The van der Waals surface area contributed by atoms with E-state index in [-0.39, 0.29) is 12.0 Å². The van der Waals surface area contributed by atoms with Crippen LogP contribution in [0.5, 0.6) is 0 Å². The second-order valence-electron chi connectivity index (χ2n) is 8.15. The Bertz CT molecular complexity index is 1200. The van der Waals surface area contributed by atoms with Gasteiger partial charge in [-0.2, -0.15) is 8.78 Å². The molecule has 0 bridgehead atoms. The molecule has 0 amide bonds. The van der Waals surface area contributed by atoms with Crippen LogP contribution < -0.4 is 10.8 Å². The van der Waals surface area contributed by atoms with Crippen molar-refractivity contribution < 1.29 is 22.8 Å². The van der Waals surface area contributed by atoms with Crippen LogP contribution in [0.15, 0.2) is 30.5 Å². The van der Waals surface area contributed by atoms with Gasteiger partial charge >= 0.3 is 5.92 Å². The zero-order valence-electron chi connectivity index (χ0n) is 18.5. The lowest BCUT2D eigenvalue weighted by Gasteiger charge is -2.24. The summed E-state index contributed by atoms with van der Waals surface area (Å²) in [4.78, 5) is 12.9. The maximum atomic E-state index is 15.1. The minimum Gasteiger partial charge on any atom is -0.386 e. The third-order valence-electron chi connectivity index (χ3n) is 5.24. The quantitative estimate of drug-likeness (QED) is 0.489. The van der Waals surface area contributed by atoms with Crippen molar-refractivity contribution in [3.8, 4) is 0 Å². The molecule has 0 radical (unpaired) electrons. The zero-order chi connectivity index (χ0) is 23.8.